The summed E-state index contributed by atoms with van der Waals surface area (Å²) in [7, 11) is -0.660. The van der Waals surface area contributed by atoms with Crippen LogP contribution in [0.3, 0.4) is 0 Å². The molecule has 0 radical (unpaired) electrons. The lowest BCUT2D eigenvalue weighted by Gasteiger charge is -2.64. The molecule has 0 aromatic heterocycles. The molecule has 1 unspecified atom stereocenters. The number of carbonyl (C=O) groups excluding carboxylic acids is 5. The monoisotopic (exact) mass is 851 g/mol. The standard InChI is InChI=1S/C42H63BClN9O7/c1-24(43-59-34-22-28-21-33(41(28,2)3)42(34,4)60-43)49-37(55)30(9-5-7-19-45)51-40(58)35(48)53-38(56)31(10-6-8-20-46)50-39(57)32(23-47)52-36(54)27-13-11-25(12-14-27)26-15-17-29(44)18-16-26/h11-18,24,28,30-35H,5-10,19-23,45-48H2,1-4H3,(H,49,55)(H,50,57)(H,51,58)(H,52,54)(H,53,56)/t24-,28-,30-,31-,32-,33-,34?,35+,42-/m0/s1. The van der Waals surface area contributed by atoms with Crippen LogP contribution in [-0.4, -0.2) is 98.2 Å². The van der Waals surface area contributed by atoms with E-state index < -0.39 is 72.5 Å². The van der Waals surface area contributed by atoms with Gasteiger partial charge in [0.05, 0.1) is 17.6 Å². The first-order valence-electron chi connectivity index (χ1n) is 21.1. The Bertz CT molecular complexity index is 1820. The lowest BCUT2D eigenvalue weighted by molar-refractivity contribution is -0.199. The second-order valence-electron chi connectivity index (χ2n) is 17.2. The number of hydrogen-bond acceptors (Lipinski definition) is 11. The fourth-order valence-electron chi connectivity index (χ4n) is 8.81. The summed E-state index contributed by atoms with van der Waals surface area (Å²) >= 11 is 6.00. The van der Waals surface area contributed by atoms with Crippen LogP contribution in [-0.2, 0) is 28.5 Å². The van der Waals surface area contributed by atoms with Gasteiger partial charge < -0.3 is 58.8 Å². The van der Waals surface area contributed by atoms with E-state index in [1.807, 2.05) is 19.1 Å². The Balaban J connectivity index is 1.16. The average molecular weight is 852 g/mol. The maximum Gasteiger partial charge on any atom is 0.481 e. The molecule has 328 valence electrons. The molecule has 4 aliphatic rings. The van der Waals surface area contributed by atoms with Crippen LogP contribution in [0.25, 0.3) is 11.1 Å². The Morgan fingerprint density at radius 1 is 0.733 bits per heavy atom. The highest BCUT2D eigenvalue weighted by Gasteiger charge is 2.68. The molecule has 60 heavy (non-hydrogen) atoms. The molecule has 6 rings (SSSR count). The van der Waals surface area contributed by atoms with Gasteiger partial charge in [0.25, 0.3) is 11.8 Å². The highest BCUT2D eigenvalue weighted by Crippen LogP contribution is 2.65. The maximum atomic E-state index is 13.7. The van der Waals surface area contributed by atoms with E-state index in [2.05, 4.69) is 47.4 Å². The number of halogens is 1. The molecule has 1 aliphatic heterocycles. The van der Waals surface area contributed by atoms with Crippen LogP contribution in [0.2, 0.25) is 5.02 Å². The smallest absolute Gasteiger partial charge is 0.404 e. The summed E-state index contributed by atoms with van der Waals surface area (Å²) < 4.78 is 12.9. The minimum Gasteiger partial charge on any atom is -0.404 e. The number of unbranched alkanes of at least 4 members (excludes halogenated alkanes) is 2. The predicted octanol–water partition coefficient (Wildman–Crippen LogP) is 1.46. The zero-order valence-corrected chi connectivity index (χ0v) is 35.9. The second kappa shape index (κ2) is 20.6. The van der Waals surface area contributed by atoms with Crippen molar-refractivity contribution in [2.45, 2.75) is 121 Å². The molecule has 18 heteroatoms. The maximum absolute atomic E-state index is 13.7. The van der Waals surface area contributed by atoms with Gasteiger partial charge in [0.1, 0.15) is 18.1 Å². The van der Waals surface area contributed by atoms with Crippen LogP contribution in [0.15, 0.2) is 48.5 Å². The Labute approximate surface area is 358 Å². The topological polar surface area (TPSA) is 268 Å². The fourth-order valence-corrected chi connectivity index (χ4v) is 8.94. The third kappa shape index (κ3) is 11.0. The number of benzene rings is 2. The van der Waals surface area contributed by atoms with E-state index in [9.17, 15) is 24.0 Å². The van der Waals surface area contributed by atoms with Crippen LogP contribution in [0.4, 0.5) is 0 Å². The summed E-state index contributed by atoms with van der Waals surface area (Å²) in [6.07, 6.45) is 2.98. The van der Waals surface area contributed by atoms with E-state index in [-0.39, 0.29) is 30.9 Å². The average Bonchev–Trinajstić information content (AvgIpc) is 3.59. The van der Waals surface area contributed by atoms with Gasteiger partial charge in [0.2, 0.25) is 17.7 Å². The molecule has 16 nitrogen and oxygen atoms in total. The molecule has 5 amide bonds. The summed E-state index contributed by atoms with van der Waals surface area (Å²) in [4.78, 5) is 67.3. The minimum atomic E-state index is -1.58. The van der Waals surface area contributed by atoms with Crippen molar-refractivity contribution >= 4 is 48.3 Å². The summed E-state index contributed by atoms with van der Waals surface area (Å²) in [5, 5.41) is 14.0. The first kappa shape index (κ1) is 47.0. The predicted molar refractivity (Wildman–Crippen MR) is 231 cm³/mol. The summed E-state index contributed by atoms with van der Waals surface area (Å²) in [6, 6.07) is 10.7. The van der Waals surface area contributed by atoms with Crippen molar-refractivity contribution in [1.82, 2.24) is 26.6 Å². The number of rotatable bonds is 21. The molecule has 1 heterocycles. The molecule has 3 saturated carbocycles. The lowest BCUT2D eigenvalue weighted by atomic mass is 9.43. The van der Waals surface area contributed by atoms with Gasteiger partial charge >= 0.3 is 7.12 Å². The van der Waals surface area contributed by atoms with Crippen molar-refractivity contribution < 1.29 is 33.3 Å². The van der Waals surface area contributed by atoms with Gasteiger partial charge in [-0.1, -0.05) is 49.7 Å². The third-order valence-electron chi connectivity index (χ3n) is 12.7. The van der Waals surface area contributed by atoms with Gasteiger partial charge in [-0.25, -0.2) is 0 Å². The van der Waals surface area contributed by atoms with Crippen molar-refractivity contribution in [2.75, 3.05) is 19.6 Å². The van der Waals surface area contributed by atoms with Crippen LogP contribution in [0.5, 0.6) is 0 Å². The van der Waals surface area contributed by atoms with Gasteiger partial charge in [0, 0.05) is 17.1 Å². The number of amides is 5. The van der Waals surface area contributed by atoms with E-state index in [4.69, 9.17) is 43.8 Å². The second-order valence-corrected chi connectivity index (χ2v) is 17.6. The molecular weight excluding hydrogens is 789 g/mol. The fraction of sp³-hybridized carbons (Fsp3) is 0.595. The van der Waals surface area contributed by atoms with E-state index >= 15 is 0 Å². The molecule has 0 spiro atoms. The number of hydrogen-bond donors (Lipinski definition) is 9. The molecule has 3 aliphatic carbocycles. The summed E-state index contributed by atoms with van der Waals surface area (Å²) in [5.74, 6) is -2.85. The van der Waals surface area contributed by atoms with E-state index in [0.29, 0.717) is 61.2 Å². The molecule has 2 aromatic carbocycles. The molecule has 2 aromatic rings. The quantitative estimate of drug-likeness (QED) is 0.0493. The third-order valence-corrected chi connectivity index (χ3v) is 12.9. The minimum absolute atomic E-state index is 0.0611. The van der Waals surface area contributed by atoms with E-state index in [1.54, 1.807) is 36.4 Å². The van der Waals surface area contributed by atoms with Crippen molar-refractivity contribution in [3.05, 3.63) is 59.1 Å². The lowest BCUT2D eigenvalue weighted by Crippen LogP contribution is -2.65. The molecule has 1 saturated heterocycles. The summed E-state index contributed by atoms with van der Waals surface area (Å²) in [6.45, 7) is 8.97. The zero-order valence-electron chi connectivity index (χ0n) is 35.1. The van der Waals surface area contributed by atoms with E-state index in [1.165, 1.54) is 0 Å². The van der Waals surface area contributed by atoms with Crippen molar-refractivity contribution in [3.8, 4) is 11.1 Å². The van der Waals surface area contributed by atoms with Gasteiger partial charge in [-0.2, -0.15) is 0 Å². The normalized spacial score (nSPS) is 23.8. The van der Waals surface area contributed by atoms with Gasteiger partial charge in [-0.3, -0.25) is 24.0 Å². The van der Waals surface area contributed by atoms with Crippen LogP contribution in [0, 0.1) is 17.3 Å². The number of nitrogens with two attached hydrogens (primary N) is 4. The molecular formula is C42H63BClN9O7. The number of carbonyl (C=O) groups is 5. The first-order chi connectivity index (χ1) is 28.5. The number of nitrogens with one attached hydrogen (secondary N) is 5. The molecule has 13 N–H and O–H groups in total. The Kier molecular flexibility index (Phi) is 16.2. The summed E-state index contributed by atoms with van der Waals surface area (Å²) in [5.41, 5.74) is 25.3. The Hall–Kier alpha value is -4.10. The van der Waals surface area contributed by atoms with Gasteiger partial charge in [0.15, 0.2) is 6.17 Å². The zero-order chi connectivity index (χ0) is 43.8. The first-order valence-corrected chi connectivity index (χ1v) is 21.5. The SMILES string of the molecule is C[C@H](NC(=O)[C@H](CCCCN)NC(=O)[C@H](N)NC(=O)[C@H](CCCCN)NC(=O)[C@H](CN)NC(=O)c1ccc(-c2ccc(Cl)cc2)cc1)B1OC2C[C@@H]3C[C@@H](C3(C)C)[C@]2(C)O1. The van der Waals surface area contributed by atoms with E-state index in [0.717, 1.165) is 24.0 Å². The molecule has 4 fully saturated rings. The molecule has 9 atom stereocenters. The largest absolute Gasteiger partial charge is 0.481 e. The van der Waals surface area contributed by atoms with Gasteiger partial charge in [-0.15, -0.1) is 0 Å². The van der Waals surface area contributed by atoms with Crippen molar-refractivity contribution in [1.29, 1.82) is 0 Å². The van der Waals surface area contributed by atoms with Crippen LogP contribution in [0.1, 0.15) is 89.4 Å². The highest BCUT2D eigenvalue weighted by molar-refractivity contribution is 6.47. The Morgan fingerprint density at radius 2 is 1.27 bits per heavy atom. The van der Waals surface area contributed by atoms with Crippen LogP contribution >= 0.6 is 11.6 Å². The molecule has 2 bridgehead atoms. The van der Waals surface area contributed by atoms with Crippen molar-refractivity contribution in [3.63, 3.8) is 0 Å². The van der Waals surface area contributed by atoms with Gasteiger partial charge in [-0.05, 0) is 131 Å². The van der Waals surface area contributed by atoms with Crippen LogP contribution < -0.4 is 49.5 Å². The highest BCUT2D eigenvalue weighted by atomic mass is 35.5. The van der Waals surface area contributed by atoms with Crippen molar-refractivity contribution in [2.24, 2.45) is 40.2 Å². The Morgan fingerprint density at radius 3 is 1.82 bits per heavy atom.